The standard InChI is InChI=1S/C17H18ClF3N2O2S/c18-13-7-3-1-5-11(13)9-26-10-15(24)23-16(25,17(19,20)21)12-6-2-4-8-14(12)22-23/h1,3,5,7,12,25H,2,4,6,8-10H2/t12-,16-/m0/s1. The maximum atomic E-state index is 13.6. The van der Waals surface area contributed by atoms with Crippen molar-refractivity contribution in [1.29, 1.82) is 0 Å². The Morgan fingerprint density at radius 3 is 2.81 bits per heavy atom. The van der Waals surface area contributed by atoms with Gasteiger partial charge in [-0.3, -0.25) is 4.79 Å². The predicted octanol–water partition coefficient (Wildman–Crippen LogP) is 4.21. The number of benzene rings is 1. The molecule has 0 spiro atoms. The summed E-state index contributed by atoms with van der Waals surface area (Å²) in [4.78, 5) is 12.4. The molecule has 0 saturated heterocycles. The quantitative estimate of drug-likeness (QED) is 0.814. The lowest BCUT2D eigenvalue weighted by atomic mass is 9.80. The van der Waals surface area contributed by atoms with Crippen LogP contribution in [0.15, 0.2) is 29.4 Å². The highest BCUT2D eigenvalue weighted by Crippen LogP contribution is 2.48. The van der Waals surface area contributed by atoms with E-state index in [1.54, 1.807) is 24.3 Å². The molecule has 3 rings (SSSR count). The minimum absolute atomic E-state index is 0.172. The Morgan fingerprint density at radius 1 is 1.38 bits per heavy atom. The van der Waals surface area contributed by atoms with Crippen molar-refractivity contribution in [2.24, 2.45) is 11.0 Å². The largest absolute Gasteiger partial charge is 0.439 e. The summed E-state index contributed by atoms with van der Waals surface area (Å²) in [5, 5.41) is 15.1. The van der Waals surface area contributed by atoms with Gasteiger partial charge in [-0.05, 0) is 30.9 Å². The van der Waals surface area contributed by atoms with E-state index in [0.717, 1.165) is 17.3 Å². The normalized spacial score (nSPS) is 25.8. The van der Waals surface area contributed by atoms with Gasteiger partial charge in [0, 0.05) is 16.5 Å². The third kappa shape index (κ3) is 3.46. The van der Waals surface area contributed by atoms with E-state index in [9.17, 15) is 23.1 Å². The number of aliphatic hydroxyl groups is 1. The van der Waals surface area contributed by atoms with Crippen LogP contribution in [-0.2, 0) is 10.5 Å². The molecule has 1 fully saturated rings. The average Bonchev–Trinajstić information content (AvgIpc) is 2.91. The van der Waals surface area contributed by atoms with Crippen molar-refractivity contribution in [3.05, 3.63) is 34.9 Å². The first-order valence-electron chi connectivity index (χ1n) is 8.26. The fourth-order valence-corrected chi connectivity index (χ4v) is 4.54. The maximum Gasteiger partial charge on any atom is 0.439 e. The van der Waals surface area contributed by atoms with Gasteiger partial charge in [-0.15, -0.1) is 11.8 Å². The van der Waals surface area contributed by atoms with Gasteiger partial charge in [0.1, 0.15) is 0 Å². The van der Waals surface area contributed by atoms with Crippen LogP contribution in [-0.4, -0.2) is 39.4 Å². The third-order valence-electron chi connectivity index (χ3n) is 4.71. The molecule has 4 nitrogen and oxygen atoms in total. The molecule has 1 saturated carbocycles. The number of carbonyl (C=O) groups is 1. The number of hydrogen-bond acceptors (Lipinski definition) is 4. The lowest BCUT2D eigenvalue weighted by molar-refractivity contribution is -0.316. The van der Waals surface area contributed by atoms with Gasteiger partial charge in [0.15, 0.2) is 0 Å². The third-order valence-corrected chi connectivity index (χ3v) is 6.04. The average molecular weight is 407 g/mol. The number of hydrogen-bond donors (Lipinski definition) is 1. The van der Waals surface area contributed by atoms with Crippen molar-refractivity contribution in [1.82, 2.24) is 5.01 Å². The van der Waals surface area contributed by atoms with Crippen LogP contribution in [0.5, 0.6) is 0 Å². The van der Waals surface area contributed by atoms with Gasteiger partial charge in [0.2, 0.25) is 0 Å². The summed E-state index contributed by atoms with van der Waals surface area (Å²) in [5.41, 5.74) is -2.19. The SMILES string of the molecule is O=C(CSCc1ccccc1Cl)N1N=C2CCCC[C@@H]2[C@]1(O)C(F)(F)F. The van der Waals surface area contributed by atoms with Gasteiger partial charge in [-0.1, -0.05) is 36.2 Å². The highest BCUT2D eigenvalue weighted by atomic mass is 35.5. The molecule has 1 amide bonds. The van der Waals surface area contributed by atoms with Crippen LogP contribution in [0.4, 0.5) is 13.2 Å². The Kier molecular flexibility index (Phi) is 5.55. The van der Waals surface area contributed by atoms with Crippen LogP contribution in [0.3, 0.4) is 0 Å². The van der Waals surface area contributed by atoms with Gasteiger partial charge in [0.05, 0.1) is 11.7 Å². The molecule has 1 N–H and O–H groups in total. The van der Waals surface area contributed by atoms with E-state index in [4.69, 9.17) is 11.6 Å². The zero-order valence-electron chi connectivity index (χ0n) is 13.8. The number of fused-ring (bicyclic) bond motifs is 1. The molecular formula is C17H18ClF3N2O2S. The van der Waals surface area contributed by atoms with E-state index >= 15 is 0 Å². The minimum Gasteiger partial charge on any atom is -0.362 e. The molecule has 142 valence electrons. The second-order valence-electron chi connectivity index (χ2n) is 6.40. The summed E-state index contributed by atoms with van der Waals surface area (Å²) >= 11 is 7.17. The van der Waals surface area contributed by atoms with E-state index < -0.39 is 23.7 Å². The monoisotopic (exact) mass is 406 g/mol. The zero-order valence-corrected chi connectivity index (χ0v) is 15.4. The number of amides is 1. The van der Waals surface area contributed by atoms with Crippen LogP contribution in [0.1, 0.15) is 31.2 Å². The first kappa shape index (κ1) is 19.5. The van der Waals surface area contributed by atoms with Crippen LogP contribution < -0.4 is 0 Å². The molecule has 0 bridgehead atoms. The molecule has 1 heterocycles. The smallest absolute Gasteiger partial charge is 0.362 e. The van der Waals surface area contributed by atoms with Crippen molar-refractivity contribution in [2.45, 2.75) is 43.3 Å². The summed E-state index contributed by atoms with van der Waals surface area (Å²) in [6.07, 6.45) is -3.13. The molecule has 1 aromatic rings. The van der Waals surface area contributed by atoms with Crippen molar-refractivity contribution >= 4 is 35.0 Å². The van der Waals surface area contributed by atoms with E-state index in [-0.39, 0.29) is 22.9 Å². The minimum atomic E-state index is -4.97. The summed E-state index contributed by atoms with van der Waals surface area (Å²) in [5.74, 6) is -1.88. The summed E-state index contributed by atoms with van der Waals surface area (Å²) in [7, 11) is 0. The topological polar surface area (TPSA) is 52.9 Å². The Bertz CT molecular complexity index is 728. The van der Waals surface area contributed by atoms with Crippen LogP contribution in [0.2, 0.25) is 5.02 Å². The lowest BCUT2D eigenvalue weighted by Gasteiger charge is -2.38. The van der Waals surface area contributed by atoms with E-state index in [2.05, 4.69) is 5.10 Å². The highest BCUT2D eigenvalue weighted by molar-refractivity contribution is 7.99. The number of thioether (sulfide) groups is 1. The molecule has 0 radical (unpaired) electrons. The van der Waals surface area contributed by atoms with Crippen molar-refractivity contribution in [3.63, 3.8) is 0 Å². The van der Waals surface area contributed by atoms with E-state index in [1.165, 1.54) is 0 Å². The van der Waals surface area contributed by atoms with Crippen molar-refractivity contribution in [2.75, 3.05) is 5.75 Å². The molecule has 26 heavy (non-hydrogen) atoms. The highest BCUT2D eigenvalue weighted by Gasteiger charge is 2.68. The first-order chi connectivity index (χ1) is 12.2. The molecule has 0 unspecified atom stereocenters. The number of nitrogens with zero attached hydrogens (tertiary/aromatic N) is 2. The first-order valence-corrected chi connectivity index (χ1v) is 9.79. The van der Waals surface area contributed by atoms with Gasteiger partial charge < -0.3 is 5.11 Å². The van der Waals surface area contributed by atoms with Crippen molar-refractivity contribution in [3.8, 4) is 0 Å². The number of alkyl halides is 3. The molecule has 2 atom stereocenters. The summed E-state index contributed by atoms with van der Waals surface area (Å²) < 4.78 is 40.9. The zero-order chi connectivity index (χ0) is 18.9. The Hall–Kier alpha value is -1.25. The summed E-state index contributed by atoms with van der Waals surface area (Å²) in [6.45, 7) is 0. The molecule has 0 aromatic heterocycles. The number of halogens is 4. The molecule has 1 aromatic carbocycles. The van der Waals surface area contributed by atoms with Gasteiger partial charge in [-0.2, -0.15) is 23.3 Å². The number of carbonyl (C=O) groups excluding carboxylic acids is 1. The second-order valence-corrected chi connectivity index (χ2v) is 7.80. The maximum absolute atomic E-state index is 13.6. The molecular weight excluding hydrogens is 389 g/mol. The van der Waals surface area contributed by atoms with Gasteiger partial charge >= 0.3 is 6.18 Å². The van der Waals surface area contributed by atoms with Crippen LogP contribution in [0, 0.1) is 5.92 Å². The predicted molar refractivity (Wildman–Crippen MR) is 94.9 cm³/mol. The Morgan fingerprint density at radius 2 is 2.12 bits per heavy atom. The molecule has 9 heteroatoms. The molecule has 1 aliphatic carbocycles. The molecule has 2 aliphatic rings. The number of hydrazone groups is 1. The van der Waals surface area contributed by atoms with E-state index in [0.29, 0.717) is 30.0 Å². The number of rotatable bonds is 4. The van der Waals surface area contributed by atoms with Crippen LogP contribution in [0.25, 0.3) is 0 Å². The van der Waals surface area contributed by atoms with Gasteiger partial charge in [-0.25, -0.2) is 0 Å². The fourth-order valence-electron chi connectivity index (χ4n) is 3.39. The van der Waals surface area contributed by atoms with Crippen LogP contribution >= 0.6 is 23.4 Å². The van der Waals surface area contributed by atoms with E-state index in [1.807, 2.05) is 0 Å². The Balaban J connectivity index is 1.72. The lowest BCUT2D eigenvalue weighted by Crippen LogP contribution is -2.61. The summed E-state index contributed by atoms with van der Waals surface area (Å²) in [6, 6.07) is 7.06. The molecule has 1 aliphatic heterocycles. The second kappa shape index (κ2) is 7.40. The van der Waals surface area contributed by atoms with Gasteiger partial charge in [0.25, 0.3) is 11.6 Å². The fraction of sp³-hybridized carbons (Fsp3) is 0.529. The van der Waals surface area contributed by atoms with Crippen molar-refractivity contribution < 1.29 is 23.1 Å². The Labute approximate surface area is 158 Å².